The number of esters is 1. The molecule has 0 saturated heterocycles. The van der Waals surface area contributed by atoms with E-state index in [4.69, 9.17) is 10.5 Å². The largest absolute Gasteiger partial charge is 0.455 e. The van der Waals surface area contributed by atoms with Crippen molar-refractivity contribution in [2.75, 3.05) is 5.73 Å². The first-order valence-electron chi connectivity index (χ1n) is 4.78. The number of hydrogen-bond acceptors (Lipinski definition) is 5. The zero-order chi connectivity index (χ0) is 12.3. The van der Waals surface area contributed by atoms with Gasteiger partial charge in [0.1, 0.15) is 12.3 Å². The molecule has 0 aliphatic heterocycles. The van der Waals surface area contributed by atoms with Crippen molar-refractivity contribution >= 4 is 38.9 Å². The van der Waals surface area contributed by atoms with Crippen LogP contribution in [0.1, 0.15) is 15.4 Å². The fraction of sp³-hybridized carbons (Fsp3) is 0.0909. The zero-order valence-electron chi connectivity index (χ0n) is 8.72. The molecule has 2 heterocycles. The Labute approximate surface area is 111 Å². The van der Waals surface area contributed by atoms with Crippen molar-refractivity contribution in [3.63, 3.8) is 0 Å². The number of carbonyl (C=O) groups excluding carboxylic acids is 1. The molecule has 4 nitrogen and oxygen atoms in total. The Morgan fingerprint density at radius 2 is 2.24 bits per heavy atom. The third-order valence-corrected chi connectivity index (χ3v) is 3.57. The molecular weight excluding hydrogens is 304 g/mol. The van der Waals surface area contributed by atoms with Crippen LogP contribution in [-0.4, -0.2) is 11.0 Å². The Morgan fingerprint density at radius 3 is 2.82 bits per heavy atom. The minimum absolute atomic E-state index is 0.251. The van der Waals surface area contributed by atoms with Gasteiger partial charge in [-0.1, -0.05) is 0 Å². The second kappa shape index (κ2) is 5.29. The fourth-order valence-electron chi connectivity index (χ4n) is 1.17. The summed E-state index contributed by atoms with van der Waals surface area (Å²) >= 11 is 4.87. The van der Waals surface area contributed by atoms with Gasteiger partial charge in [0.2, 0.25) is 0 Å². The summed E-state index contributed by atoms with van der Waals surface area (Å²) in [7, 11) is 0. The van der Waals surface area contributed by atoms with Crippen LogP contribution in [0.3, 0.4) is 0 Å². The monoisotopic (exact) mass is 312 g/mol. The summed E-state index contributed by atoms with van der Waals surface area (Å²) in [6.45, 7) is 0.251. The molecule has 0 aliphatic carbocycles. The van der Waals surface area contributed by atoms with Gasteiger partial charge in [-0.2, -0.15) is 0 Å². The van der Waals surface area contributed by atoms with Crippen LogP contribution >= 0.6 is 27.3 Å². The first kappa shape index (κ1) is 12.1. The molecule has 0 fully saturated rings. The molecule has 0 aliphatic rings. The number of anilines is 1. The molecule has 6 heteroatoms. The SMILES string of the molecule is Nc1ccc(C(=O)OCc2ccc(Br)s2)nc1. The number of nitrogens with zero attached hydrogens (tertiary/aromatic N) is 1. The molecule has 0 aromatic carbocycles. The van der Waals surface area contributed by atoms with E-state index < -0.39 is 5.97 Å². The summed E-state index contributed by atoms with van der Waals surface area (Å²) in [5.74, 6) is -0.450. The van der Waals surface area contributed by atoms with Crippen LogP contribution in [0.15, 0.2) is 34.2 Å². The van der Waals surface area contributed by atoms with Gasteiger partial charge in [0, 0.05) is 4.88 Å². The third kappa shape index (κ3) is 3.28. The van der Waals surface area contributed by atoms with Crippen LogP contribution in [0.25, 0.3) is 0 Å². The molecular formula is C11H9BrN2O2S. The van der Waals surface area contributed by atoms with Crippen LogP contribution in [0.4, 0.5) is 5.69 Å². The standard InChI is InChI=1S/C11H9BrN2O2S/c12-10-4-2-8(17-10)6-16-11(15)9-3-1-7(13)5-14-9/h1-5H,6,13H2. The van der Waals surface area contributed by atoms with E-state index in [1.54, 1.807) is 12.1 Å². The van der Waals surface area contributed by atoms with Gasteiger partial charge >= 0.3 is 5.97 Å². The molecule has 0 spiro atoms. The average Bonchev–Trinajstić information content (AvgIpc) is 2.73. The Bertz CT molecular complexity index is 525. The van der Waals surface area contributed by atoms with Gasteiger partial charge in [-0.25, -0.2) is 9.78 Å². The summed E-state index contributed by atoms with van der Waals surface area (Å²) in [6.07, 6.45) is 1.43. The maximum absolute atomic E-state index is 11.6. The third-order valence-electron chi connectivity index (χ3n) is 1.97. The maximum Gasteiger partial charge on any atom is 0.357 e. The van der Waals surface area contributed by atoms with Gasteiger partial charge in [0.05, 0.1) is 15.7 Å². The number of thiophene rings is 1. The summed E-state index contributed by atoms with van der Waals surface area (Å²) in [5.41, 5.74) is 6.25. The van der Waals surface area contributed by atoms with Crippen molar-refractivity contribution < 1.29 is 9.53 Å². The molecule has 0 bridgehead atoms. The minimum Gasteiger partial charge on any atom is -0.455 e. The quantitative estimate of drug-likeness (QED) is 0.885. The number of pyridine rings is 1. The van der Waals surface area contributed by atoms with Gasteiger partial charge < -0.3 is 10.5 Å². The molecule has 2 aromatic rings. The molecule has 88 valence electrons. The van der Waals surface area contributed by atoms with E-state index in [0.717, 1.165) is 8.66 Å². The summed E-state index contributed by atoms with van der Waals surface area (Å²) in [5, 5.41) is 0. The van der Waals surface area contributed by atoms with Gasteiger partial charge in [-0.15, -0.1) is 11.3 Å². The Kier molecular flexibility index (Phi) is 3.75. The number of halogens is 1. The predicted octanol–water partition coefficient (Wildman–Crippen LogP) is 2.84. The highest BCUT2D eigenvalue weighted by Gasteiger charge is 2.09. The number of nitrogen functional groups attached to an aromatic ring is 1. The number of nitrogens with two attached hydrogens (primary N) is 1. The lowest BCUT2D eigenvalue weighted by molar-refractivity contribution is 0.0470. The van der Waals surface area contributed by atoms with E-state index in [1.165, 1.54) is 17.5 Å². The van der Waals surface area contributed by atoms with Crippen molar-refractivity contribution in [3.05, 3.63) is 44.8 Å². The number of rotatable bonds is 3. The lowest BCUT2D eigenvalue weighted by Gasteiger charge is -2.02. The van der Waals surface area contributed by atoms with E-state index in [9.17, 15) is 4.79 Å². The van der Waals surface area contributed by atoms with Crippen molar-refractivity contribution in [2.24, 2.45) is 0 Å². The Morgan fingerprint density at radius 1 is 1.41 bits per heavy atom. The smallest absolute Gasteiger partial charge is 0.357 e. The van der Waals surface area contributed by atoms with Crippen LogP contribution in [0.2, 0.25) is 0 Å². The zero-order valence-corrected chi connectivity index (χ0v) is 11.1. The molecule has 0 radical (unpaired) electrons. The van der Waals surface area contributed by atoms with E-state index in [-0.39, 0.29) is 12.3 Å². The predicted molar refractivity (Wildman–Crippen MR) is 69.8 cm³/mol. The van der Waals surface area contributed by atoms with Gasteiger partial charge in [0.15, 0.2) is 0 Å². The average molecular weight is 313 g/mol. The van der Waals surface area contributed by atoms with Crippen molar-refractivity contribution in [2.45, 2.75) is 6.61 Å². The molecule has 2 N–H and O–H groups in total. The number of aromatic nitrogens is 1. The normalized spacial score (nSPS) is 10.2. The van der Waals surface area contributed by atoms with Crippen LogP contribution in [-0.2, 0) is 11.3 Å². The second-order valence-electron chi connectivity index (χ2n) is 3.26. The summed E-state index contributed by atoms with van der Waals surface area (Å²) < 4.78 is 6.12. The van der Waals surface area contributed by atoms with Gasteiger partial charge in [-0.3, -0.25) is 0 Å². The Hall–Kier alpha value is -1.40. The van der Waals surface area contributed by atoms with Crippen molar-refractivity contribution in [3.8, 4) is 0 Å². The molecule has 0 amide bonds. The van der Waals surface area contributed by atoms with Crippen molar-refractivity contribution in [1.29, 1.82) is 0 Å². The van der Waals surface area contributed by atoms with E-state index >= 15 is 0 Å². The molecule has 0 saturated carbocycles. The first-order valence-corrected chi connectivity index (χ1v) is 6.39. The molecule has 17 heavy (non-hydrogen) atoms. The van der Waals surface area contributed by atoms with E-state index in [1.807, 2.05) is 12.1 Å². The number of carbonyl (C=O) groups is 1. The highest BCUT2D eigenvalue weighted by atomic mass is 79.9. The number of hydrogen-bond donors (Lipinski definition) is 1. The molecule has 2 rings (SSSR count). The topological polar surface area (TPSA) is 65.2 Å². The van der Waals surface area contributed by atoms with Gasteiger partial charge in [0.25, 0.3) is 0 Å². The van der Waals surface area contributed by atoms with Crippen LogP contribution in [0, 0.1) is 0 Å². The summed E-state index contributed by atoms with van der Waals surface area (Å²) in [6, 6.07) is 6.97. The first-order chi connectivity index (χ1) is 8.15. The Balaban J connectivity index is 1.95. The lowest BCUT2D eigenvalue weighted by atomic mass is 10.3. The van der Waals surface area contributed by atoms with Crippen LogP contribution < -0.4 is 5.73 Å². The van der Waals surface area contributed by atoms with E-state index in [0.29, 0.717) is 5.69 Å². The molecule has 0 atom stereocenters. The fourth-order valence-corrected chi connectivity index (χ4v) is 2.56. The summed E-state index contributed by atoms with van der Waals surface area (Å²) in [4.78, 5) is 16.5. The number of ether oxygens (including phenoxy) is 1. The van der Waals surface area contributed by atoms with E-state index in [2.05, 4.69) is 20.9 Å². The second-order valence-corrected chi connectivity index (χ2v) is 5.81. The highest BCUT2D eigenvalue weighted by Crippen LogP contribution is 2.22. The lowest BCUT2D eigenvalue weighted by Crippen LogP contribution is -2.06. The van der Waals surface area contributed by atoms with Crippen LogP contribution in [0.5, 0.6) is 0 Å². The molecule has 0 unspecified atom stereocenters. The van der Waals surface area contributed by atoms with Crippen molar-refractivity contribution in [1.82, 2.24) is 4.98 Å². The maximum atomic E-state index is 11.6. The van der Waals surface area contributed by atoms with Gasteiger partial charge in [-0.05, 0) is 40.2 Å². The highest BCUT2D eigenvalue weighted by molar-refractivity contribution is 9.11. The molecule has 2 aromatic heterocycles. The minimum atomic E-state index is -0.450.